The van der Waals surface area contributed by atoms with E-state index in [1.807, 2.05) is 37.3 Å². The SMILES string of the molecule is CCCCCNC(=O)C1N([C@@H](CC)CO)C(=O)[C@@H]2[C@H](C(=O)Nc3ccccc3)[C@]3(C)CCC12S3. The number of nitrogens with zero attached hydrogens (tertiary/aromatic N) is 1. The minimum Gasteiger partial charge on any atom is -0.394 e. The van der Waals surface area contributed by atoms with Gasteiger partial charge in [-0.2, -0.15) is 0 Å². The lowest BCUT2D eigenvalue weighted by Gasteiger charge is -2.36. The molecule has 0 saturated carbocycles. The number of fused-ring (bicyclic) bond motifs is 1. The number of anilines is 1. The van der Waals surface area contributed by atoms with E-state index in [4.69, 9.17) is 0 Å². The van der Waals surface area contributed by atoms with E-state index in [9.17, 15) is 19.5 Å². The lowest BCUT2D eigenvalue weighted by molar-refractivity contribution is -0.142. The first kappa shape index (κ1) is 25.0. The lowest BCUT2D eigenvalue weighted by Crippen LogP contribution is -2.56. The normalized spacial score (nSPS) is 32.5. The fourth-order valence-electron chi connectivity index (χ4n) is 6.30. The molecule has 2 unspecified atom stereocenters. The zero-order valence-corrected chi connectivity index (χ0v) is 21.2. The second kappa shape index (κ2) is 9.90. The molecule has 1 aromatic carbocycles. The number of carbonyl (C=O) groups is 3. The molecule has 1 spiro atoms. The standard InChI is InChI=1S/C26H37N3O4S/c1-4-6-10-15-27-23(32)21-26-14-13-25(3,34-26)19(22(31)28-17-11-8-7-9-12-17)20(26)24(33)29(21)18(5-2)16-30/h7-9,11-12,18-21,30H,4-6,10,13-16H2,1-3H3,(H,27,32)(H,28,31)/t18-,19+,20-,21?,25-,26?/m0/s1. The van der Waals surface area contributed by atoms with Crippen LogP contribution in [0, 0.1) is 11.8 Å². The number of likely N-dealkylation sites (tertiary alicyclic amines) is 1. The molecule has 0 radical (unpaired) electrons. The Morgan fingerprint density at radius 3 is 2.56 bits per heavy atom. The quantitative estimate of drug-likeness (QED) is 0.440. The molecule has 8 heteroatoms. The summed E-state index contributed by atoms with van der Waals surface area (Å²) in [5, 5.41) is 16.2. The minimum absolute atomic E-state index is 0.153. The maximum Gasteiger partial charge on any atom is 0.244 e. The molecule has 34 heavy (non-hydrogen) atoms. The maximum absolute atomic E-state index is 14.0. The van der Waals surface area contributed by atoms with Gasteiger partial charge in [-0.3, -0.25) is 14.4 Å². The van der Waals surface area contributed by atoms with E-state index < -0.39 is 33.4 Å². The smallest absolute Gasteiger partial charge is 0.244 e. The van der Waals surface area contributed by atoms with Crippen molar-refractivity contribution in [2.45, 2.75) is 80.9 Å². The first-order valence-corrected chi connectivity index (χ1v) is 13.4. The van der Waals surface area contributed by atoms with E-state index in [0.717, 1.165) is 25.7 Å². The van der Waals surface area contributed by atoms with Gasteiger partial charge < -0.3 is 20.6 Å². The number of aliphatic hydroxyl groups is 1. The Morgan fingerprint density at radius 2 is 1.91 bits per heavy atom. The summed E-state index contributed by atoms with van der Waals surface area (Å²) in [5.74, 6) is -1.59. The predicted molar refractivity (Wildman–Crippen MR) is 134 cm³/mol. The van der Waals surface area contributed by atoms with Gasteiger partial charge in [-0.05, 0) is 44.7 Å². The summed E-state index contributed by atoms with van der Waals surface area (Å²) >= 11 is 1.66. The van der Waals surface area contributed by atoms with Crippen LogP contribution in [0.1, 0.15) is 59.3 Å². The van der Waals surface area contributed by atoms with Gasteiger partial charge in [0.05, 0.1) is 29.2 Å². The Hall–Kier alpha value is -2.06. The van der Waals surface area contributed by atoms with Crippen LogP contribution >= 0.6 is 11.8 Å². The van der Waals surface area contributed by atoms with Crippen molar-refractivity contribution in [3.8, 4) is 0 Å². The summed E-state index contributed by atoms with van der Waals surface area (Å²) in [6.07, 6.45) is 5.02. The molecule has 3 aliphatic rings. The molecule has 3 heterocycles. The zero-order valence-electron chi connectivity index (χ0n) is 20.4. The van der Waals surface area contributed by atoms with Crippen LogP contribution in [0.2, 0.25) is 0 Å². The molecule has 0 aliphatic carbocycles. The van der Waals surface area contributed by atoms with Crippen molar-refractivity contribution in [1.29, 1.82) is 0 Å². The van der Waals surface area contributed by atoms with E-state index in [0.29, 0.717) is 25.1 Å². The third-order valence-electron chi connectivity index (χ3n) is 7.94. The highest BCUT2D eigenvalue weighted by molar-refractivity contribution is 8.02. The molecule has 186 valence electrons. The fourth-order valence-corrected chi connectivity index (χ4v) is 8.64. The van der Waals surface area contributed by atoms with Crippen LogP contribution in [0.5, 0.6) is 0 Å². The summed E-state index contributed by atoms with van der Waals surface area (Å²) in [5.41, 5.74) is 0.701. The number of hydrogen-bond acceptors (Lipinski definition) is 5. The van der Waals surface area contributed by atoms with E-state index in [2.05, 4.69) is 24.5 Å². The third-order valence-corrected chi connectivity index (χ3v) is 9.93. The molecule has 2 bridgehead atoms. The maximum atomic E-state index is 14.0. The summed E-state index contributed by atoms with van der Waals surface area (Å²) in [7, 11) is 0. The average molecular weight is 488 g/mol. The predicted octanol–water partition coefficient (Wildman–Crippen LogP) is 3.18. The molecule has 1 aromatic rings. The van der Waals surface area contributed by atoms with Gasteiger partial charge in [-0.25, -0.2) is 0 Å². The fraction of sp³-hybridized carbons (Fsp3) is 0.654. The molecule has 0 aromatic heterocycles. The number of aliphatic hydroxyl groups excluding tert-OH is 1. The molecule has 3 aliphatic heterocycles. The summed E-state index contributed by atoms with van der Waals surface area (Å²) in [6.45, 7) is 6.47. The number of benzene rings is 1. The summed E-state index contributed by atoms with van der Waals surface area (Å²) < 4.78 is -1.06. The highest BCUT2D eigenvalue weighted by Gasteiger charge is 2.77. The number of rotatable bonds is 10. The van der Waals surface area contributed by atoms with Crippen molar-refractivity contribution in [1.82, 2.24) is 10.2 Å². The van der Waals surface area contributed by atoms with Gasteiger partial charge in [0, 0.05) is 17.0 Å². The van der Waals surface area contributed by atoms with Gasteiger partial charge in [-0.1, -0.05) is 44.9 Å². The monoisotopic (exact) mass is 487 g/mol. The Bertz CT molecular complexity index is 924. The van der Waals surface area contributed by atoms with Gasteiger partial charge >= 0.3 is 0 Å². The Balaban J connectivity index is 1.68. The van der Waals surface area contributed by atoms with Crippen molar-refractivity contribution in [2.75, 3.05) is 18.5 Å². The van der Waals surface area contributed by atoms with Crippen LogP contribution in [0.4, 0.5) is 5.69 Å². The number of hydrogen-bond donors (Lipinski definition) is 3. The van der Waals surface area contributed by atoms with Gasteiger partial charge in [-0.15, -0.1) is 11.8 Å². The minimum atomic E-state index is -0.676. The first-order valence-electron chi connectivity index (χ1n) is 12.6. The Morgan fingerprint density at radius 1 is 1.18 bits per heavy atom. The molecular weight excluding hydrogens is 450 g/mol. The average Bonchev–Trinajstić information content (AvgIpc) is 3.39. The second-order valence-corrected chi connectivity index (χ2v) is 12.0. The van der Waals surface area contributed by atoms with Crippen LogP contribution in [-0.4, -0.2) is 62.5 Å². The molecule has 3 N–H and O–H groups in total. The van der Waals surface area contributed by atoms with E-state index in [1.165, 1.54) is 0 Å². The second-order valence-electron chi connectivity index (χ2n) is 10.1. The van der Waals surface area contributed by atoms with E-state index in [1.54, 1.807) is 16.7 Å². The van der Waals surface area contributed by atoms with Gasteiger partial charge in [0.25, 0.3) is 0 Å². The number of nitrogens with one attached hydrogen (secondary N) is 2. The molecule has 3 saturated heterocycles. The van der Waals surface area contributed by atoms with Crippen LogP contribution in [0.3, 0.4) is 0 Å². The lowest BCUT2D eigenvalue weighted by atomic mass is 9.66. The first-order chi connectivity index (χ1) is 16.3. The molecule has 6 atom stereocenters. The Labute approximate surface area is 206 Å². The number of carbonyl (C=O) groups excluding carboxylic acids is 3. The Kier molecular flexibility index (Phi) is 7.29. The number of thioether (sulfide) groups is 1. The molecule has 3 amide bonds. The van der Waals surface area contributed by atoms with Crippen LogP contribution in [0.25, 0.3) is 0 Å². The van der Waals surface area contributed by atoms with Crippen molar-refractivity contribution in [3.05, 3.63) is 30.3 Å². The largest absolute Gasteiger partial charge is 0.394 e. The molecule has 4 rings (SSSR count). The number of para-hydroxylation sites is 1. The van der Waals surface area contributed by atoms with Gasteiger partial charge in [0.15, 0.2) is 0 Å². The molecule has 7 nitrogen and oxygen atoms in total. The van der Waals surface area contributed by atoms with Crippen molar-refractivity contribution >= 4 is 35.2 Å². The van der Waals surface area contributed by atoms with Gasteiger partial charge in [0.1, 0.15) is 6.04 Å². The molecular formula is C26H37N3O4S. The van der Waals surface area contributed by atoms with Crippen molar-refractivity contribution in [3.63, 3.8) is 0 Å². The third kappa shape index (κ3) is 4.02. The highest BCUT2D eigenvalue weighted by atomic mass is 32.2. The van der Waals surface area contributed by atoms with Crippen LogP contribution in [-0.2, 0) is 14.4 Å². The van der Waals surface area contributed by atoms with Crippen LogP contribution < -0.4 is 10.6 Å². The zero-order chi connectivity index (χ0) is 24.5. The van der Waals surface area contributed by atoms with Gasteiger partial charge in [0.2, 0.25) is 17.7 Å². The topological polar surface area (TPSA) is 98.7 Å². The van der Waals surface area contributed by atoms with E-state index in [-0.39, 0.29) is 24.3 Å². The van der Waals surface area contributed by atoms with E-state index >= 15 is 0 Å². The van der Waals surface area contributed by atoms with Crippen molar-refractivity contribution < 1.29 is 19.5 Å². The summed E-state index contributed by atoms with van der Waals surface area (Å²) in [4.78, 5) is 42.8. The number of amides is 3. The van der Waals surface area contributed by atoms with Crippen molar-refractivity contribution in [2.24, 2.45) is 11.8 Å². The van der Waals surface area contributed by atoms with Crippen LogP contribution in [0.15, 0.2) is 30.3 Å². The number of unbranched alkanes of at least 4 members (excludes halogenated alkanes) is 2. The summed E-state index contributed by atoms with van der Waals surface area (Å²) in [6, 6.07) is 8.18. The molecule has 3 fully saturated rings. The highest BCUT2D eigenvalue weighted by Crippen LogP contribution is 2.71.